The lowest BCUT2D eigenvalue weighted by atomic mass is 10.3. The predicted octanol–water partition coefficient (Wildman–Crippen LogP) is 2.70. The van der Waals surface area contributed by atoms with Crippen LogP contribution in [-0.4, -0.2) is 22.5 Å². The Hall–Kier alpha value is -1.55. The van der Waals surface area contributed by atoms with E-state index in [0.29, 0.717) is 17.5 Å². The third kappa shape index (κ3) is 1.88. The van der Waals surface area contributed by atoms with Gasteiger partial charge in [-0.2, -0.15) is 0 Å². The molecule has 0 atom stereocenters. The topological polar surface area (TPSA) is 55.0 Å². The van der Waals surface area contributed by atoms with Gasteiger partial charge in [-0.15, -0.1) is 0 Å². The smallest absolute Gasteiger partial charge is 0.354 e. The van der Waals surface area contributed by atoms with Gasteiger partial charge in [-0.3, -0.25) is 0 Å². The van der Waals surface area contributed by atoms with Crippen molar-refractivity contribution < 1.29 is 9.53 Å². The van der Waals surface area contributed by atoms with Crippen molar-refractivity contribution in [3.63, 3.8) is 0 Å². The highest BCUT2D eigenvalue weighted by Gasteiger charge is 2.12. The van der Waals surface area contributed by atoms with Crippen molar-refractivity contribution in [2.75, 3.05) is 6.61 Å². The minimum absolute atomic E-state index is 0.346. The molecular formula is C11H11ClN2O2. The fourth-order valence-electron chi connectivity index (χ4n) is 1.53. The molecule has 0 saturated heterocycles. The normalized spacial score (nSPS) is 10.7. The molecule has 5 heteroatoms. The van der Waals surface area contributed by atoms with Crippen molar-refractivity contribution in [1.82, 2.24) is 9.97 Å². The Kier molecular flexibility index (Phi) is 2.83. The van der Waals surface area contributed by atoms with Crippen molar-refractivity contribution >= 4 is 28.5 Å². The van der Waals surface area contributed by atoms with Gasteiger partial charge in [-0.25, -0.2) is 9.78 Å². The highest BCUT2D eigenvalue weighted by Crippen LogP contribution is 2.23. The summed E-state index contributed by atoms with van der Waals surface area (Å²) >= 11 is 5.97. The monoisotopic (exact) mass is 238 g/mol. The van der Waals surface area contributed by atoms with Gasteiger partial charge in [0.2, 0.25) is 0 Å². The van der Waals surface area contributed by atoms with Crippen LogP contribution in [0.5, 0.6) is 0 Å². The van der Waals surface area contributed by atoms with Gasteiger partial charge >= 0.3 is 5.97 Å². The number of carbonyl (C=O) groups is 1. The van der Waals surface area contributed by atoms with E-state index in [9.17, 15) is 4.79 Å². The van der Waals surface area contributed by atoms with Crippen LogP contribution in [-0.2, 0) is 4.74 Å². The number of H-pyrrole nitrogens is 1. The summed E-state index contributed by atoms with van der Waals surface area (Å²) < 4.78 is 4.89. The molecule has 0 bridgehead atoms. The standard InChI is InChI=1S/C11H11ClN2O2/c1-3-16-11(15)9-5-7-8(14-9)4-6(2)13-10(7)12/h4-5,14H,3H2,1-2H3. The molecule has 2 aromatic heterocycles. The lowest BCUT2D eigenvalue weighted by molar-refractivity contribution is 0.0520. The van der Waals surface area contributed by atoms with Crippen molar-refractivity contribution in [3.05, 3.63) is 28.7 Å². The zero-order valence-electron chi connectivity index (χ0n) is 9.00. The van der Waals surface area contributed by atoms with Crippen LogP contribution in [0.4, 0.5) is 0 Å². The predicted molar refractivity (Wildman–Crippen MR) is 61.8 cm³/mol. The lowest BCUT2D eigenvalue weighted by Crippen LogP contribution is -2.04. The van der Waals surface area contributed by atoms with Crippen LogP contribution in [0.3, 0.4) is 0 Å². The molecule has 0 amide bonds. The number of carbonyl (C=O) groups excluding carboxylic acids is 1. The summed E-state index contributed by atoms with van der Waals surface area (Å²) in [6, 6.07) is 3.49. The number of ether oxygens (including phenoxy) is 1. The second-order valence-corrected chi connectivity index (χ2v) is 3.78. The second kappa shape index (κ2) is 4.14. The highest BCUT2D eigenvalue weighted by molar-refractivity contribution is 6.34. The van der Waals surface area contributed by atoms with Gasteiger partial charge in [-0.1, -0.05) is 11.6 Å². The second-order valence-electron chi connectivity index (χ2n) is 3.42. The fourth-order valence-corrected chi connectivity index (χ4v) is 1.82. The Balaban J connectivity index is 2.51. The number of aromatic nitrogens is 2. The Bertz CT molecular complexity index is 548. The number of hydrogen-bond acceptors (Lipinski definition) is 3. The van der Waals surface area contributed by atoms with E-state index in [4.69, 9.17) is 16.3 Å². The number of esters is 1. The van der Waals surface area contributed by atoms with E-state index in [1.165, 1.54) is 0 Å². The van der Waals surface area contributed by atoms with E-state index >= 15 is 0 Å². The summed E-state index contributed by atoms with van der Waals surface area (Å²) in [6.07, 6.45) is 0. The van der Waals surface area contributed by atoms with E-state index in [2.05, 4.69) is 9.97 Å². The van der Waals surface area contributed by atoms with Crippen LogP contribution in [0.1, 0.15) is 23.1 Å². The molecule has 0 aromatic carbocycles. The zero-order valence-corrected chi connectivity index (χ0v) is 9.76. The van der Waals surface area contributed by atoms with E-state index < -0.39 is 0 Å². The molecule has 1 N–H and O–H groups in total. The van der Waals surface area contributed by atoms with Crippen LogP contribution in [0.2, 0.25) is 5.15 Å². The van der Waals surface area contributed by atoms with Gasteiger partial charge in [0.15, 0.2) is 0 Å². The minimum atomic E-state index is -0.382. The van der Waals surface area contributed by atoms with Gasteiger partial charge in [0, 0.05) is 11.1 Å². The van der Waals surface area contributed by atoms with Crippen LogP contribution < -0.4 is 0 Å². The van der Waals surface area contributed by atoms with Crippen molar-refractivity contribution in [2.45, 2.75) is 13.8 Å². The molecule has 0 radical (unpaired) electrons. The van der Waals surface area contributed by atoms with E-state index in [1.54, 1.807) is 13.0 Å². The first-order chi connectivity index (χ1) is 7.61. The summed E-state index contributed by atoms with van der Waals surface area (Å²) in [5.74, 6) is -0.382. The number of nitrogens with zero attached hydrogens (tertiary/aromatic N) is 1. The minimum Gasteiger partial charge on any atom is -0.461 e. The maximum absolute atomic E-state index is 11.5. The number of aryl methyl sites for hydroxylation is 1. The molecule has 0 fully saturated rings. The molecule has 0 spiro atoms. The van der Waals surface area contributed by atoms with Crippen molar-refractivity contribution in [1.29, 1.82) is 0 Å². The molecule has 0 aliphatic heterocycles. The number of nitrogens with one attached hydrogen (secondary N) is 1. The van der Waals surface area contributed by atoms with E-state index in [0.717, 1.165) is 16.6 Å². The van der Waals surface area contributed by atoms with Gasteiger partial charge in [0.1, 0.15) is 10.8 Å². The zero-order chi connectivity index (χ0) is 11.7. The average Bonchev–Trinajstić information content (AvgIpc) is 2.62. The van der Waals surface area contributed by atoms with Gasteiger partial charge in [-0.05, 0) is 26.0 Å². The maximum Gasteiger partial charge on any atom is 0.354 e. The molecular weight excluding hydrogens is 228 g/mol. The molecule has 4 nitrogen and oxygen atoms in total. The lowest BCUT2D eigenvalue weighted by Gasteiger charge is -1.96. The van der Waals surface area contributed by atoms with Crippen LogP contribution in [0.25, 0.3) is 10.9 Å². The van der Waals surface area contributed by atoms with Gasteiger partial charge in [0.25, 0.3) is 0 Å². The molecule has 84 valence electrons. The number of pyridine rings is 1. The first-order valence-electron chi connectivity index (χ1n) is 4.94. The molecule has 0 saturated carbocycles. The van der Waals surface area contributed by atoms with Gasteiger partial charge in [0.05, 0.1) is 12.1 Å². The first kappa shape index (κ1) is 11.0. The Morgan fingerprint density at radius 2 is 2.31 bits per heavy atom. The number of aromatic amines is 1. The Morgan fingerprint density at radius 1 is 1.56 bits per heavy atom. The fraction of sp³-hybridized carbons (Fsp3) is 0.273. The maximum atomic E-state index is 11.5. The Labute approximate surface area is 97.6 Å². The third-order valence-corrected chi connectivity index (χ3v) is 2.48. The number of hydrogen-bond donors (Lipinski definition) is 1. The third-order valence-electron chi connectivity index (χ3n) is 2.19. The van der Waals surface area contributed by atoms with Crippen molar-refractivity contribution in [2.24, 2.45) is 0 Å². The quantitative estimate of drug-likeness (QED) is 0.647. The van der Waals surface area contributed by atoms with Crippen LogP contribution >= 0.6 is 11.6 Å². The average molecular weight is 239 g/mol. The molecule has 0 unspecified atom stereocenters. The van der Waals surface area contributed by atoms with E-state index in [1.807, 2.05) is 13.0 Å². The van der Waals surface area contributed by atoms with Crippen molar-refractivity contribution in [3.8, 4) is 0 Å². The Morgan fingerprint density at radius 3 is 3.00 bits per heavy atom. The molecule has 16 heavy (non-hydrogen) atoms. The van der Waals surface area contributed by atoms with Gasteiger partial charge < -0.3 is 9.72 Å². The summed E-state index contributed by atoms with van der Waals surface area (Å²) in [7, 11) is 0. The molecule has 2 aromatic rings. The molecule has 0 aliphatic rings. The largest absolute Gasteiger partial charge is 0.461 e. The molecule has 0 aliphatic carbocycles. The number of rotatable bonds is 2. The SMILES string of the molecule is CCOC(=O)c1cc2c(Cl)nc(C)cc2[nH]1. The number of halogens is 1. The highest BCUT2D eigenvalue weighted by atomic mass is 35.5. The summed E-state index contributed by atoms with van der Waals surface area (Å²) in [5, 5.41) is 1.12. The summed E-state index contributed by atoms with van der Waals surface area (Å²) in [4.78, 5) is 18.6. The summed E-state index contributed by atoms with van der Waals surface area (Å²) in [6.45, 7) is 3.95. The molecule has 2 rings (SSSR count). The summed E-state index contributed by atoms with van der Waals surface area (Å²) in [5.41, 5.74) is 1.99. The van der Waals surface area contributed by atoms with Crippen LogP contribution in [0.15, 0.2) is 12.1 Å². The van der Waals surface area contributed by atoms with E-state index in [-0.39, 0.29) is 5.97 Å². The number of fused-ring (bicyclic) bond motifs is 1. The first-order valence-corrected chi connectivity index (χ1v) is 5.32. The van der Waals surface area contributed by atoms with Crippen LogP contribution in [0, 0.1) is 6.92 Å². The molecule has 2 heterocycles.